The van der Waals surface area contributed by atoms with E-state index >= 15 is 0 Å². The molecule has 3 heterocycles. The van der Waals surface area contributed by atoms with E-state index in [4.69, 9.17) is 10.2 Å². The summed E-state index contributed by atoms with van der Waals surface area (Å²) in [4.78, 5) is 0. The van der Waals surface area contributed by atoms with Gasteiger partial charge in [-0.15, -0.1) is 10.2 Å². The molecular weight excluding hydrogens is 689 g/mol. The van der Waals surface area contributed by atoms with E-state index in [0.29, 0.717) is 0 Å². The Morgan fingerprint density at radius 2 is 0.836 bits per heavy atom. The van der Waals surface area contributed by atoms with Gasteiger partial charge in [-0.2, -0.15) is 0 Å². The molecule has 4 nitrogen and oxygen atoms in total. The van der Waals surface area contributed by atoms with Crippen LogP contribution >= 0.6 is 11.3 Å². The van der Waals surface area contributed by atoms with E-state index in [1.54, 1.807) is 11.3 Å². The zero-order valence-electron chi connectivity index (χ0n) is 29.7. The van der Waals surface area contributed by atoms with Gasteiger partial charge in [0, 0.05) is 44.0 Å². The summed E-state index contributed by atoms with van der Waals surface area (Å²) in [5.74, 6) is 0. The third-order valence-corrected chi connectivity index (χ3v) is 11.7. The van der Waals surface area contributed by atoms with Gasteiger partial charge in [-0.25, -0.2) is 0 Å². The standard InChI is InChI=1S/C50H32N4S/c1-3-14-33(15-4-1)35-18-11-20-38(30-35)53-45-26-9-7-22-40(45)42-29-28-37(32-47(42)53)49-51-52-50(55-49)44-25-13-24-43-41-23-8-10-27-46(41)54(48(43)44)39-21-12-19-36(31-39)34-16-5-2-6-17-34/h1-32H. The Kier molecular flexibility index (Phi) is 7.32. The number of nitrogens with zero attached hydrogens (tertiary/aromatic N) is 4. The summed E-state index contributed by atoms with van der Waals surface area (Å²) in [6.07, 6.45) is 0. The highest BCUT2D eigenvalue weighted by Gasteiger charge is 2.20. The molecule has 0 aliphatic heterocycles. The summed E-state index contributed by atoms with van der Waals surface area (Å²) in [6.45, 7) is 0. The molecule has 0 spiro atoms. The van der Waals surface area contributed by atoms with Crippen LogP contribution in [0.3, 0.4) is 0 Å². The van der Waals surface area contributed by atoms with Crippen molar-refractivity contribution < 1.29 is 0 Å². The van der Waals surface area contributed by atoms with Crippen LogP contribution in [0.1, 0.15) is 0 Å². The third kappa shape index (κ3) is 5.20. The second-order valence-electron chi connectivity index (χ2n) is 13.9. The van der Waals surface area contributed by atoms with Crippen LogP contribution in [-0.4, -0.2) is 19.3 Å². The van der Waals surface area contributed by atoms with Crippen LogP contribution in [0.5, 0.6) is 0 Å². The lowest BCUT2D eigenvalue weighted by Crippen LogP contribution is -1.96. The summed E-state index contributed by atoms with van der Waals surface area (Å²) in [7, 11) is 0. The van der Waals surface area contributed by atoms with Crippen molar-refractivity contribution in [3.05, 3.63) is 194 Å². The van der Waals surface area contributed by atoms with E-state index in [-0.39, 0.29) is 0 Å². The van der Waals surface area contributed by atoms with Crippen LogP contribution in [0, 0.1) is 0 Å². The van der Waals surface area contributed by atoms with E-state index in [1.165, 1.54) is 49.3 Å². The van der Waals surface area contributed by atoms with E-state index in [2.05, 4.69) is 203 Å². The van der Waals surface area contributed by atoms with Crippen molar-refractivity contribution in [1.82, 2.24) is 19.3 Å². The van der Waals surface area contributed by atoms with Gasteiger partial charge >= 0.3 is 0 Å². The number of rotatable bonds is 6. The zero-order chi connectivity index (χ0) is 36.3. The lowest BCUT2D eigenvalue weighted by molar-refractivity contribution is 1.10. The molecule has 258 valence electrons. The molecule has 0 atom stereocenters. The molecule has 0 amide bonds. The SMILES string of the molecule is c1ccc(-c2cccc(-n3c4ccccc4c4ccc(-c5nnc(-c6cccc7c8ccccc8n(-c8cccc(-c9ccccc9)c8)c67)s5)cc43)c2)cc1. The maximum atomic E-state index is 4.88. The Labute approximate surface area is 321 Å². The Hall–Kier alpha value is -7.08. The first-order valence-electron chi connectivity index (χ1n) is 18.5. The summed E-state index contributed by atoms with van der Waals surface area (Å²) >= 11 is 1.64. The highest BCUT2D eigenvalue weighted by molar-refractivity contribution is 7.18. The zero-order valence-corrected chi connectivity index (χ0v) is 30.5. The van der Waals surface area contributed by atoms with E-state index in [1.807, 2.05) is 0 Å². The fourth-order valence-electron chi connectivity index (χ4n) is 8.20. The van der Waals surface area contributed by atoms with Crippen LogP contribution in [-0.2, 0) is 0 Å². The molecule has 0 N–H and O–H groups in total. The normalized spacial score (nSPS) is 11.6. The third-order valence-electron chi connectivity index (χ3n) is 10.7. The van der Waals surface area contributed by atoms with Crippen molar-refractivity contribution in [3.8, 4) is 54.8 Å². The first-order chi connectivity index (χ1) is 27.3. The van der Waals surface area contributed by atoms with Crippen molar-refractivity contribution >= 4 is 54.9 Å². The Morgan fingerprint density at radius 3 is 1.53 bits per heavy atom. The Bertz CT molecular complexity index is 3210. The van der Waals surface area contributed by atoms with Crippen LogP contribution in [0.2, 0.25) is 0 Å². The van der Waals surface area contributed by atoms with E-state index in [0.717, 1.165) is 49.1 Å². The fraction of sp³-hybridized carbons (Fsp3) is 0. The highest BCUT2D eigenvalue weighted by Crippen LogP contribution is 2.42. The summed E-state index contributed by atoms with van der Waals surface area (Å²) in [6, 6.07) is 69.4. The van der Waals surface area contributed by atoms with Gasteiger partial charge in [0.05, 0.1) is 22.1 Å². The molecule has 11 rings (SSSR count). The number of para-hydroxylation sites is 3. The molecule has 8 aromatic carbocycles. The number of aromatic nitrogens is 4. The van der Waals surface area contributed by atoms with E-state index in [9.17, 15) is 0 Å². The molecule has 5 heteroatoms. The Balaban J connectivity index is 1.06. The summed E-state index contributed by atoms with van der Waals surface area (Å²) < 4.78 is 4.77. The molecule has 11 aromatic rings. The monoisotopic (exact) mass is 720 g/mol. The van der Waals surface area contributed by atoms with Gasteiger partial charge in [-0.1, -0.05) is 157 Å². The predicted octanol–water partition coefficient (Wildman–Crippen LogP) is 13.4. The van der Waals surface area contributed by atoms with E-state index < -0.39 is 0 Å². The van der Waals surface area contributed by atoms with Crippen molar-refractivity contribution in [3.63, 3.8) is 0 Å². The number of hydrogen-bond donors (Lipinski definition) is 0. The van der Waals surface area contributed by atoms with Crippen molar-refractivity contribution in [2.24, 2.45) is 0 Å². The Morgan fingerprint density at radius 1 is 0.327 bits per heavy atom. The van der Waals surface area contributed by atoms with Crippen molar-refractivity contribution in [2.75, 3.05) is 0 Å². The second-order valence-corrected chi connectivity index (χ2v) is 14.9. The largest absolute Gasteiger partial charge is 0.309 e. The van der Waals surface area contributed by atoms with Crippen molar-refractivity contribution in [1.29, 1.82) is 0 Å². The molecular formula is C50H32N4S. The topological polar surface area (TPSA) is 35.6 Å². The maximum Gasteiger partial charge on any atom is 0.150 e. The second kappa shape index (κ2) is 12.8. The number of benzene rings is 8. The quantitative estimate of drug-likeness (QED) is 0.171. The van der Waals surface area contributed by atoms with Crippen LogP contribution in [0.4, 0.5) is 0 Å². The molecule has 0 aliphatic rings. The summed E-state index contributed by atoms with van der Waals surface area (Å²) in [5, 5.41) is 16.3. The van der Waals surface area contributed by atoms with Gasteiger partial charge in [0.1, 0.15) is 10.0 Å². The molecule has 3 aromatic heterocycles. The molecule has 0 aliphatic carbocycles. The predicted molar refractivity (Wildman–Crippen MR) is 230 cm³/mol. The molecule has 0 fully saturated rings. The minimum atomic E-state index is 0.887. The summed E-state index contributed by atoms with van der Waals surface area (Å²) in [5.41, 5.74) is 13.7. The smallest absolute Gasteiger partial charge is 0.150 e. The molecule has 0 unspecified atom stereocenters. The minimum Gasteiger partial charge on any atom is -0.309 e. The van der Waals surface area contributed by atoms with Crippen LogP contribution < -0.4 is 0 Å². The van der Waals surface area contributed by atoms with Crippen LogP contribution in [0.15, 0.2) is 194 Å². The minimum absolute atomic E-state index is 0.887. The molecule has 0 saturated heterocycles. The first kappa shape index (κ1) is 31.4. The molecule has 0 bridgehead atoms. The number of fused-ring (bicyclic) bond motifs is 6. The number of hydrogen-bond acceptors (Lipinski definition) is 3. The average Bonchev–Trinajstić information content (AvgIpc) is 3.98. The van der Waals surface area contributed by atoms with Gasteiger partial charge in [-0.05, 0) is 70.8 Å². The van der Waals surface area contributed by atoms with Gasteiger partial charge in [0.15, 0.2) is 0 Å². The molecule has 0 saturated carbocycles. The first-order valence-corrected chi connectivity index (χ1v) is 19.3. The van der Waals surface area contributed by atoms with Gasteiger partial charge in [0.25, 0.3) is 0 Å². The maximum absolute atomic E-state index is 4.88. The fourth-order valence-corrected chi connectivity index (χ4v) is 9.07. The van der Waals surface area contributed by atoms with Crippen molar-refractivity contribution in [2.45, 2.75) is 0 Å². The lowest BCUT2D eigenvalue weighted by Gasteiger charge is -2.12. The lowest BCUT2D eigenvalue weighted by atomic mass is 10.1. The average molecular weight is 721 g/mol. The van der Waals surface area contributed by atoms with Gasteiger partial charge in [-0.3, -0.25) is 0 Å². The van der Waals surface area contributed by atoms with Crippen LogP contribution in [0.25, 0.3) is 98.4 Å². The molecule has 55 heavy (non-hydrogen) atoms. The molecule has 0 radical (unpaired) electrons. The van der Waals surface area contributed by atoms with Gasteiger partial charge < -0.3 is 9.13 Å². The van der Waals surface area contributed by atoms with Gasteiger partial charge in [0.2, 0.25) is 0 Å². The highest BCUT2D eigenvalue weighted by atomic mass is 32.1.